The number of benzene rings is 1. The van der Waals surface area contributed by atoms with Crippen molar-refractivity contribution in [2.75, 3.05) is 13.2 Å². The fourth-order valence-corrected chi connectivity index (χ4v) is 2.19. The summed E-state index contributed by atoms with van der Waals surface area (Å²) in [6.45, 7) is 1.06. The number of nitrogens with zero attached hydrogens (tertiary/aromatic N) is 1. The number of carbonyl (C=O) groups excluding carboxylic acids is 1. The van der Waals surface area contributed by atoms with Gasteiger partial charge < -0.3 is 15.2 Å². The molecule has 1 aromatic rings. The molecule has 102 valence electrons. The molecule has 8 heteroatoms. The first kappa shape index (κ1) is 13.8. The van der Waals surface area contributed by atoms with Gasteiger partial charge >= 0.3 is 0 Å². The van der Waals surface area contributed by atoms with E-state index in [1.165, 1.54) is 12.1 Å². The summed E-state index contributed by atoms with van der Waals surface area (Å²) >= 11 is 3.18. The van der Waals surface area contributed by atoms with Crippen molar-refractivity contribution in [2.45, 2.75) is 12.5 Å². The van der Waals surface area contributed by atoms with Gasteiger partial charge in [-0.2, -0.15) is 0 Å². The number of nitrogens with two attached hydrogens (primary N) is 1. The van der Waals surface area contributed by atoms with E-state index >= 15 is 0 Å². The molecule has 2 N–H and O–H groups in total. The molecule has 1 saturated heterocycles. The predicted molar refractivity (Wildman–Crippen MR) is 69.2 cm³/mol. The SMILES string of the molecule is NC(=O)c1cc(O[C@H]2CCOC2)c(Br)cc1[N+](=O)[O-]. The van der Waals surface area contributed by atoms with Crippen molar-refractivity contribution >= 4 is 27.5 Å². The Morgan fingerprint density at radius 2 is 2.32 bits per heavy atom. The maximum absolute atomic E-state index is 11.2. The zero-order valence-electron chi connectivity index (χ0n) is 9.80. The van der Waals surface area contributed by atoms with Gasteiger partial charge in [-0.3, -0.25) is 14.9 Å². The highest BCUT2D eigenvalue weighted by atomic mass is 79.9. The van der Waals surface area contributed by atoms with Gasteiger partial charge in [-0.15, -0.1) is 0 Å². The maximum Gasteiger partial charge on any atom is 0.283 e. The van der Waals surface area contributed by atoms with Crippen LogP contribution < -0.4 is 10.5 Å². The van der Waals surface area contributed by atoms with E-state index < -0.39 is 10.8 Å². The predicted octanol–water partition coefficient (Wildman–Crippen LogP) is 1.62. The van der Waals surface area contributed by atoms with Crippen LogP contribution in [-0.4, -0.2) is 30.1 Å². The largest absolute Gasteiger partial charge is 0.487 e. The molecule has 0 spiro atoms. The Balaban J connectivity index is 2.36. The van der Waals surface area contributed by atoms with E-state index in [-0.39, 0.29) is 17.4 Å². The minimum atomic E-state index is -0.869. The molecule has 1 atom stereocenters. The molecule has 0 bridgehead atoms. The van der Waals surface area contributed by atoms with Crippen LogP contribution in [0.5, 0.6) is 5.75 Å². The van der Waals surface area contributed by atoms with Crippen molar-refractivity contribution in [2.24, 2.45) is 5.73 Å². The first-order valence-corrected chi connectivity index (χ1v) is 6.30. The van der Waals surface area contributed by atoms with Crippen LogP contribution in [0, 0.1) is 10.1 Å². The number of nitro groups is 1. The molecule has 1 aliphatic rings. The van der Waals surface area contributed by atoms with Gasteiger partial charge in [0.25, 0.3) is 11.6 Å². The molecule has 1 aliphatic heterocycles. The van der Waals surface area contributed by atoms with Gasteiger partial charge in [0, 0.05) is 18.6 Å². The Kier molecular flexibility index (Phi) is 4.01. The molecular formula is C11H11BrN2O5. The second kappa shape index (κ2) is 5.54. The molecule has 0 aliphatic carbocycles. The Hall–Kier alpha value is -1.67. The third-order valence-electron chi connectivity index (χ3n) is 2.69. The zero-order chi connectivity index (χ0) is 14.0. The second-order valence-corrected chi connectivity index (χ2v) is 4.88. The van der Waals surface area contributed by atoms with Gasteiger partial charge in [-0.25, -0.2) is 0 Å². The first-order valence-electron chi connectivity index (χ1n) is 5.51. The third-order valence-corrected chi connectivity index (χ3v) is 3.31. The summed E-state index contributed by atoms with van der Waals surface area (Å²) in [5, 5.41) is 10.9. The third kappa shape index (κ3) is 3.02. The highest BCUT2D eigenvalue weighted by molar-refractivity contribution is 9.10. The molecule has 2 rings (SSSR count). The molecular weight excluding hydrogens is 320 g/mol. The van der Waals surface area contributed by atoms with Gasteiger partial charge in [0.05, 0.1) is 22.6 Å². The van der Waals surface area contributed by atoms with Gasteiger partial charge in [-0.05, 0) is 15.9 Å². The van der Waals surface area contributed by atoms with Crippen LogP contribution in [-0.2, 0) is 4.74 Å². The highest BCUT2D eigenvalue weighted by Crippen LogP contribution is 2.33. The number of ether oxygens (including phenoxy) is 2. The Morgan fingerprint density at radius 3 is 2.84 bits per heavy atom. The monoisotopic (exact) mass is 330 g/mol. The molecule has 0 aromatic heterocycles. The zero-order valence-corrected chi connectivity index (χ0v) is 11.4. The number of primary amides is 1. The number of amides is 1. The van der Waals surface area contributed by atoms with Crippen LogP contribution in [0.1, 0.15) is 16.8 Å². The maximum atomic E-state index is 11.2. The van der Waals surface area contributed by atoms with Crippen molar-refractivity contribution in [3.63, 3.8) is 0 Å². The molecule has 7 nitrogen and oxygen atoms in total. The number of rotatable bonds is 4. The lowest BCUT2D eigenvalue weighted by atomic mass is 10.1. The van der Waals surface area contributed by atoms with Crippen molar-refractivity contribution in [3.05, 3.63) is 32.3 Å². The summed E-state index contributed by atoms with van der Waals surface area (Å²) in [7, 11) is 0. The topological polar surface area (TPSA) is 105 Å². The smallest absolute Gasteiger partial charge is 0.283 e. The normalized spacial score (nSPS) is 18.3. The van der Waals surface area contributed by atoms with Gasteiger partial charge in [0.1, 0.15) is 17.4 Å². The van der Waals surface area contributed by atoms with Crippen LogP contribution >= 0.6 is 15.9 Å². The molecule has 1 heterocycles. The van der Waals surface area contributed by atoms with Gasteiger partial charge in [0.2, 0.25) is 0 Å². The summed E-state index contributed by atoms with van der Waals surface area (Å²) < 4.78 is 11.2. The second-order valence-electron chi connectivity index (χ2n) is 4.02. The molecule has 1 aromatic carbocycles. The van der Waals surface area contributed by atoms with Crippen molar-refractivity contribution < 1.29 is 19.2 Å². The molecule has 0 unspecified atom stereocenters. The van der Waals surface area contributed by atoms with E-state index in [9.17, 15) is 14.9 Å². The van der Waals surface area contributed by atoms with Crippen LogP contribution in [0.25, 0.3) is 0 Å². The standard InChI is InChI=1S/C11H11BrN2O5/c12-8-4-9(14(16)17)7(11(13)15)3-10(8)19-6-1-2-18-5-6/h3-4,6H,1-2,5H2,(H2,13,15)/t6-/m0/s1. The van der Waals surface area contributed by atoms with Crippen molar-refractivity contribution in [1.82, 2.24) is 0 Å². The lowest BCUT2D eigenvalue weighted by Crippen LogP contribution is -2.18. The molecule has 1 fully saturated rings. The van der Waals surface area contributed by atoms with E-state index in [1.54, 1.807) is 0 Å². The summed E-state index contributed by atoms with van der Waals surface area (Å²) in [5.74, 6) is -0.526. The number of carbonyl (C=O) groups is 1. The van der Waals surface area contributed by atoms with E-state index in [0.29, 0.717) is 23.4 Å². The van der Waals surface area contributed by atoms with E-state index in [0.717, 1.165) is 6.42 Å². The van der Waals surface area contributed by atoms with E-state index in [1.807, 2.05) is 0 Å². The highest BCUT2D eigenvalue weighted by Gasteiger charge is 2.24. The average molecular weight is 331 g/mol. The van der Waals surface area contributed by atoms with Crippen LogP contribution in [0.4, 0.5) is 5.69 Å². The van der Waals surface area contributed by atoms with Crippen LogP contribution in [0.15, 0.2) is 16.6 Å². The minimum Gasteiger partial charge on any atom is -0.487 e. The van der Waals surface area contributed by atoms with E-state index in [2.05, 4.69) is 15.9 Å². The summed E-state index contributed by atoms with van der Waals surface area (Å²) in [6, 6.07) is 2.49. The average Bonchev–Trinajstić information content (AvgIpc) is 2.83. The van der Waals surface area contributed by atoms with Crippen LogP contribution in [0.3, 0.4) is 0 Å². The first-order chi connectivity index (χ1) is 8.99. The molecule has 0 saturated carbocycles. The van der Waals surface area contributed by atoms with E-state index in [4.69, 9.17) is 15.2 Å². The molecule has 19 heavy (non-hydrogen) atoms. The summed E-state index contributed by atoms with van der Waals surface area (Å²) in [6.07, 6.45) is 0.605. The molecule has 1 amide bonds. The number of hydrogen-bond donors (Lipinski definition) is 1. The fourth-order valence-electron chi connectivity index (χ4n) is 1.77. The Bertz CT molecular complexity index is 528. The lowest BCUT2D eigenvalue weighted by Gasteiger charge is -2.14. The Morgan fingerprint density at radius 1 is 1.58 bits per heavy atom. The van der Waals surface area contributed by atoms with Crippen molar-refractivity contribution in [3.8, 4) is 5.75 Å². The fraction of sp³-hybridized carbons (Fsp3) is 0.364. The van der Waals surface area contributed by atoms with Gasteiger partial charge in [0.15, 0.2) is 0 Å². The number of halogens is 1. The minimum absolute atomic E-state index is 0.126. The lowest BCUT2D eigenvalue weighted by molar-refractivity contribution is -0.385. The summed E-state index contributed by atoms with van der Waals surface area (Å²) in [5.41, 5.74) is 4.61. The summed E-state index contributed by atoms with van der Waals surface area (Å²) in [4.78, 5) is 21.4. The van der Waals surface area contributed by atoms with Crippen molar-refractivity contribution in [1.29, 1.82) is 0 Å². The Labute approximate surface area is 116 Å². The quantitative estimate of drug-likeness (QED) is 0.667. The number of nitro benzene ring substituents is 1. The number of hydrogen-bond acceptors (Lipinski definition) is 5. The van der Waals surface area contributed by atoms with Gasteiger partial charge in [-0.1, -0.05) is 0 Å². The van der Waals surface area contributed by atoms with Crippen LogP contribution in [0.2, 0.25) is 0 Å². The molecule has 0 radical (unpaired) electrons.